The molecule has 3 nitrogen and oxygen atoms in total. The van der Waals surface area contributed by atoms with Gasteiger partial charge in [0.1, 0.15) is 0 Å². The van der Waals surface area contributed by atoms with Crippen molar-refractivity contribution in [1.29, 1.82) is 0 Å². The average molecular weight is 296 g/mol. The van der Waals surface area contributed by atoms with E-state index in [1.165, 1.54) is 11.1 Å². The summed E-state index contributed by atoms with van der Waals surface area (Å²) in [6.07, 6.45) is 0.820. The standard InChI is InChI=1S/C19H24N2O/c1-14(2)17-9-11-18(12-10-17)21-19(22)20-15(3)13-16-7-5-4-6-8-16/h4-12,14-15H,13H2,1-3H3,(H2,20,21,22). The highest BCUT2D eigenvalue weighted by Crippen LogP contribution is 2.17. The Hall–Kier alpha value is -2.29. The van der Waals surface area contributed by atoms with Crippen LogP contribution >= 0.6 is 0 Å². The lowest BCUT2D eigenvalue weighted by Crippen LogP contribution is -2.37. The van der Waals surface area contributed by atoms with Crippen molar-refractivity contribution < 1.29 is 4.79 Å². The number of nitrogens with one attached hydrogen (secondary N) is 2. The Morgan fingerprint density at radius 3 is 2.18 bits per heavy atom. The fourth-order valence-corrected chi connectivity index (χ4v) is 2.36. The summed E-state index contributed by atoms with van der Waals surface area (Å²) in [5.74, 6) is 0.494. The molecule has 0 saturated carbocycles. The van der Waals surface area contributed by atoms with E-state index in [0.717, 1.165) is 12.1 Å². The molecule has 1 unspecified atom stereocenters. The van der Waals surface area contributed by atoms with Crippen LogP contribution in [0.4, 0.5) is 10.5 Å². The number of amides is 2. The number of carbonyl (C=O) groups is 1. The largest absolute Gasteiger partial charge is 0.335 e. The van der Waals surface area contributed by atoms with Gasteiger partial charge < -0.3 is 10.6 Å². The minimum Gasteiger partial charge on any atom is -0.335 e. The first-order chi connectivity index (χ1) is 10.5. The average Bonchev–Trinajstić information content (AvgIpc) is 2.48. The third-order valence-electron chi connectivity index (χ3n) is 3.60. The van der Waals surface area contributed by atoms with E-state index in [1.54, 1.807) is 0 Å². The second kappa shape index (κ2) is 7.64. The topological polar surface area (TPSA) is 41.1 Å². The molecule has 0 spiro atoms. The number of urea groups is 1. The number of benzene rings is 2. The SMILES string of the molecule is CC(Cc1ccccc1)NC(=O)Nc1ccc(C(C)C)cc1. The highest BCUT2D eigenvalue weighted by molar-refractivity contribution is 5.89. The van der Waals surface area contributed by atoms with Gasteiger partial charge in [-0.2, -0.15) is 0 Å². The summed E-state index contributed by atoms with van der Waals surface area (Å²) in [5, 5.41) is 5.84. The summed E-state index contributed by atoms with van der Waals surface area (Å²) in [4.78, 5) is 12.0. The van der Waals surface area contributed by atoms with Gasteiger partial charge in [0.15, 0.2) is 0 Å². The Morgan fingerprint density at radius 1 is 0.955 bits per heavy atom. The number of anilines is 1. The van der Waals surface area contributed by atoms with Gasteiger partial charge in [0, 0.05) is 11.7 Å². The summed E-state index contributed by atoms with van der Waals surface area (Å²) in [5.41, 5.74) is 3.30. The zero-order valence-corrected chi connectivity index (χ0v) is 13.5. The molecule has 116 valence electrons. The van der Waals surface area contributed by atoms with Gasteiger partial charge in [0.05, 0.1) is 0 Å². The van der Waals surface area contributed by atoms with Crippen molar-refractivity contribution in [2.75, 3.05) is 5.32 Å². The molecule has 0 heterocycles. The van der Waals surface area contributed by atoms with Gasteiger partial charge in [0.25, 0.3) is 0 Å². The summed E-state index contributed by atoms with van der Waals surface area (Å²) in [6.45, 7) is 6.31. The van der Waals surface area contributed by atoms with Crippen LogP contribution in [0.15, 0.2) is 54.6 Å². The molecule has 2 N–H and O–H groups in total. The molecule has 2 amide bonds. The van der Waals surface area contributed by atoms with Gasteiger partial charge in [-0.1, -0.05) is 56.3 Å². The molecule has 0 aliphatic rings. The van der Waals surface area contributed by atoms with Crippen LogP contribution < -0.4 is 10.6 Å². The normalized spacial score (nSPS) is 12.0. The Kier molecular flexibility index (Phi) is 5.59. The lowest BCUT2D eigenvalue weighted by molar-refractivity contribution is 0.249. The van der Waals surface area contributed by atoms with Gasteiger partial charge in [-0.15, -0.1) is 0 Å². The number of carbonyl (C=O) groups excluding carboxylic acids is 1. The molecule has 1 atom stereocenters. The molecule has 0 saturated heterocycles. The lowest BCUT2D eigenvalue weighted by Gasteiger charge is -2.15. The molecule has 22 heavy (non-hydrogen) atoms. The van der Waals surface area contributed by atoms with Crippen LogP contribution in [-0.4, -0.2) is 12.1 Å². The summed E-state index contributed by atoms with van der Waals surface area (Å²) < 4.78 is 0. The van der Waals surface area contributed by atoms with Crippen LogP contribution in [0.1, 0.15) is 37.8 Å². The Labute approximate surface area is 132 Å². The van der Waals surface area contributed by atoms with Crippen LogP contribution in [0.25, 0.3) is 0 Å². The van der Waals surface area contributed by atoms with Crippen molar-refractivity contribution in [3.05, 3.63) is 65.7 Å². The number of hydrogen-bond acceptors (Lipinski definition) is 1. The van der Waals surface area contributed by atoms with Gasteiger partial charge in [-0.05, 0) is 42.5 Å². The first-order valence-electron chi connectivity index (χ1n) is 7.76. The maximum absolute atomic E-state index is 12.0. The van der Waals surface area contributed by atoms with E-state index in [1.807, 2.05) is 49.4 Å². The van der Waals surface area contributed by atoms with E-state index in [9.17, 15) is 4.79 Å². The lowest BCUT2D eigenvalue weighted by atomic mass is 10.0. The van der Waals surface area contributed by atoms with E-state index >= 15 is 0 Å². The molecule has 0 aliphatic carbocycles. The van der Waals surface area contributed by atoms with Crippen molar-refractivity contribution in [1.82, 2.24) is 5.32 Å². The molecule has 2 aromatic carbocycles. The second-order valence-electron chi connectivity index (χ2n) is 5.97. The van der Waals surface area contributed by atoms with E-state index in [-0.39, 0.29) is 12.1 Å². The fourth-order valence-electron chi connectivity index (χ4n) is 2.36. The Morgan fingerprint density at radius 2 is 1.59 bits per heavy atom. The zero-order valence-electron chi connectivity index (χ0n) is 13.5. The van der Waals surface area contributed by atoms with Crippen LogP contribution in [0.2, 0.25) is 0 Å². The molecular formula is C19H24N2O. The fraction of sp³-hybridized carbons (Fsp3) is 0.316. The van der Waals surface area contributed by atoms with Crippen molar-refractivity contribution in [2.45, 2.75) is 39.2 Å². The predicted molar refractivity (Wildman–Crippen MR) is 92.3 cm³/mol. The third-order valence-corrected chi connectivity index (χ3v) is 3.60. The number of rotatable bonds is 5. The molecule has 0 fully saturated rings. The van der Waals surface area contributed by atoms with Gasteiger partial charge in [-0.25, -0.2) is 4.79 Å². The van der Waals surface area contributed by atoms with E-state index in [4.69, 9.17) is 0 Å². The van der Waals surface area contributed by atoms with Crippen LogP contribution in [-0.2, 0) is 6.42 Å². The summed E-state index contributed by atoms with van der Waals surface area (Å²) >= 11 is 0. The van der Waals surface area contributed by atoms with E-state index < -0.39 is 0 Å². The first kappa shape index (κ1) is 16.1. The quantitative estimate of drug-likeness (QED) is 0.834. The molecular weight excluding hydrogens is 272 g/mol. The summed E-state index contributed by atoms with van der Waals surface area (Å²) in [6, 6.07) is 18.1. The zero-order chi connectivity index (χ0) is 15.9. The first-order valence-corrected chi connectivity index (χ1v) is 7.76. The highest BCUT2D eigenvalue weighted by atomic mass is 16.2. The molecule has 2 aromatic rings. The molecule has 0 bridgehead atoms. The van der Waals surface area contributed by atoms with E-state index in [0.29, 0.717) is 5.92 Å². The Balaban J connectivity index is 1.84. The van der Waals surface area contributed by atoms with Gasteiger partial charge in [-0.3, -0.25) is 0 Å². The van der Waals surface area contributed by atoms with Crippen molar-refractivity contribution in [2.24, 2.45) is 0 Å². The molecule has 0 aliphatic heterocycles. The molecule has 0 radical (unpaired) electrons. The molecule has 2 rings (SSSR count). The molecule has 3 heteroatoms. The minimum atomic E-state index is -0.166. The minimum absolute atomic E-state index is 0.0809. The van der Waals surface area contributed by atoms with Crippen molar-refractivity contribution in [3.8, 4) is 0 Å². The smallest absolute Gasteiger partial charge is 0.319 e. The highest BCUT2D eigenvalue weighted by Gasteiger charge is 2.08. The second-order valence-corrected chi connectivity index (χ2v) is 5.97. The van der Waals surface area contributed by atoms with Gasteiger partial charge >= 0.3 is 6.03 Å². The Bertz CT molecular complexity index is 591. The summed E-state index contributed by atoms with van der Waals surface area (Å²) in [7, 11) is 0. The van der Waals surface area contributed by atoms with Crippen LogP contribution in [0.5, 0.6) is 0 Å². The monoisotopic (exact) mass is 296 g/mol. The molecule has 0 aromatic heterocycles. The van der Waals surface area contributed by atoms with Crippen molar-refractivity contribution in [3.63, 3.8) is 0 Å². The maximum Gasteiger partial charge on any atom is 0.319 e. The maximum atomic E-state index is 12.0. The van der Waals surface area contributed by atoms with E-state index in [2.05, 4.69) is 36.6 Å². The van der Waals surface area contributed by atoms with Crippen LogP contribution in [0, 0.1) is 0 Å². The van der Waals surface area contributed by atoms with Crippen molar-refractivity contribution >= 4 is 11.7 Å². The predicted octanol–water partition coefficient (Wildman–Crippen LogP) is 4.56. The van der Waals surface area contributed by atoms with Crippen LogP contribution in [0.3, 0.4) is 0 Å². The third kappa shape index (κ3) is 4.92. The van der Waals surface area contributed by atoms with Gasteiger partial charge in [0.2, 0.25) is 0 Å². The number of hydrogen-bond donors (Lipinski definition) is 2.